The van der Waals surface area contributed by atoms with Gasteiger partial charge in [-0.3, -0.25) is 4.90 Å². The molecule has 0 radical (unpaired) electrons. The molecule has 2 nitrogen and oxygen atoms in total. The van der Waals surface area contributed by atoms with Crippen LogP contribution in [0.3, 0.4) is 0 Å². The maximum Gasteiger partial charge on any atom is 0.0825 e. The van der Waals surface area contributed by atoms with Crippen LogP contribution >= 0.6 is 0 Å². The number of morpholine rings is 1. The van der Waals surface area contributed by atoms with Crippen molar-refractivity contribution in [1.82, 2.24) is 4.90 Å². The van der Waals surface area contributed by atoms with Crippen LogP contribution in [0.1, 0.15) is 26.3 Å². The summed E-state index contributed by atoms with van der Waals surface area (Å²) in [6, 6.07) is 10.2. The lowest BCUT2D eigenvalue weighted by atomic mass is 9.86. The van der Waals surface area contributed by atoms with Crippen LogP contribution in [0, 0.1) is 17.8 Å². The second-order valence-corrected chi connectivity index (χ2v) is 5.52. The Morgan fingerprint density at radius 3 is 2.37 bits per heavy atom. The average Bonchev–Trinajstić information content (AvgIpc) is 2.46. The van der Waals surface area contributed by atoms with Gasteiger partial charge < -0.3 is 4.74 Å². The first-order valence-electron chi connectivity index (χ1n) is 7.04. The van der Waals surface area contributed by atoms with Crippen LogP contribution in [0.25, 0.3) is 0 Å². The smallest absolute Gasteiger partial charge is 0.0825 e. The van der Waals surface area contributed by atoms with Gasteiger partial charge in [-0.25, -0.2) is 0 Å². The highest BCUT2D eigenvalue weighted by molar-refractivity contribution is 5.36. The van der Waals surface area contributed by atoms with Gasteiger partial charge in [0.05, 0.1) is 18.8 Å². The monoisotopic (exact) mass is 257 g/mol. The van der Waals surface area contributed by atoms with E-state index in [0.29, 0.717) is 5.92 Å². The molecule has 19 heavy (non-hydrogen) atoms. The van der Waals surface area contributed by atoms with E-state index in [4.69, 9.17) is 4.74 Å². The first kappa shape index (κ1) is 14.1. The summed E-state index contributed by atoms with van der Waals surface area (Å²) in [5.74, 6) is 7.32. The van der Waals surface area contributed by atoms with Crippen molar-refractivity contribution in [2.45, 2.75) is 26.3 Å². The quantitative estimate of drug-likeness (QED) is 0.755. The second-order valence-electron chi connectivity index (χ2n) is 5.52. The average molecular weight is 257 g/mol. The molecule has 1 atom stereocenters. The fourth-order valence-corrected chi connectivity index (χ4v) is 2.34. The molecule has 1 aromatic carbocycles. The minimum atomic E-state index is -0.0837. The van der Waals surface area contributed by atoms with Crippen molar-refractivity contribution in [2.75, 3.05) is 26.3 Å². The Morgan fingerprint density at radius 1 is 1.16 bits per heavy atom. The van der Waals surface area contributed by atoms with E-state index in [9.17, 15) is 0 Å². The number of hydrogen-bond acceptors (Lipinski definition) is 2. The van der Waals surface area contributed by atoms with Gasteiger partial charge in [0.2, 0.25) is 0 Å². The van der Waals surface area contributed by atoms with E-state index in [-0.39, 0.29) is 5.54 Å². The Labute approximate surface area is 116 Å². The molecule has 102 valence electrons. The molecule has 0 bridgehead atoms. The van der Waals surface area contributed by atoms with Crippen molar-refractivity contribution in [3.05, 3.63) is 35.9 Å². The van der Waals surface area contributed by atoms with Crippen molar-refractivity contribution in [1.29, 1.82) is 0 Å². The number of rotatable bonds is 2. The van der Waals surface area contributed by atoms with E-state index in [1.807, 2.05) is 18.2 Å². The summed E-state index contributed by atoms with van der Waals surface area (Å²) in [6.45, 7) is 10.3. The van der Waals surface area contributed by atoms with Crippen molar-refractivity contribution in [2.24, 2.45) is 5.92 Å². The molecule has 1 fully saturated rings. The lowest BCUT2D eigenvalue weighted by Crippen LogP contribution is -2.53. The molecule has 0 aromatic heterocycles. The number of nitrogens with zero attached hydrogens (tertiary/aromatic N) is 1. The molecule has 1 heterocycles. The summed E-state index contributed by atoms with van der Waals surface area (Å²) >= 11 is 0. The minimum absolute atomic E-state index is 0.0837. The number of ether oxygens (including phenoxy) is 1. The first-order valence-corrected chi connectivity index (χ1v) is 7.04. The Balaban J connectivity index is 2.22. The van der Waals surface area contributed by atoms with Crippen LogP contribution in [0.5, 0.6) is 0 Å². The van der Waals surface area contributed by atoms with Crippen LogP contribution in [0.2, 0.25) is 0 Å². The SMILES string of the molecule is CC(C)C(C)(C#Cc1ccccc1)N1CCOCC1. The van der Waals surface area contributed by atoms with Gasteiger partial charge in [0.25, 0.3) is 0 Å². The summed E-state index contributed by atoms with van der Waals surface area (Å²) in [5, 5.41) is 0. The number of hydrogen-bond donors (Lipinski definition) is 0. The van der Waals surface area contributed by atoms with Crippen molar-refractivity contribution >= 4 is 0 Å². The summed E-state index contributed by atoms with van der Waals surface area (Å²) in [5.41, 5.74) is 1.00. The van der Waals surface area contributed by atoms with Crippen molar-refractivity contribution < 1.29 is 4.74 Å². The van der Waals surface area contributed by atoms with Crippen LogP contribution < -0.4 is 0 Å². The van der Waals surface area contributed by atoms with Gasteiger partial charge in [-0.05, 0) is 25.0 Å². The molecule has 0 amide bonds. The zero-order valence-corrected chi connectivity index (χ0v) is 12.1. The van der Waals surface area contributed by atoms with Gasteiger partial charge in [0.15, 0.2) is 0 Å². The van der Waals surface area contributed by atoms with Gasteiger partial charge in [0.1, 0.15) is 0 Å². The molecular weight excluding hydrogens is 234 g/mol. The van der Waals surface area contributed by atoms with Crippen LogP contribution in [0.4, 0.5) is 0 Å². The maximum absolute atomic E-state index is 5.45. The predicted octanol–water partition coefficient (Wildman–Crippen LogP) is 2.79. The summed E-state index contributed by atoms with van der Waals surface area (Å²) in [4.78, 5) is 2.46. The third kappa shape index (κ3) is 3.37. The first-order chi connectivity index (χ1) is 9.13. The molecule has 0 aliphatic carbocycles. The molecule has 0 saturated carbocycles. The van der Waals surface area contributed by atoms with Crippen LogP contribution in [-0.2, 0) is 4.74 Å². The highest BCUT2D eigenvalue weighted by Gasteiger charge is 2.34. The molecule has 1 aliphatic rings. The van der Waals surface area contributed by atoms with Gasteiger partial charge in [-0.1, -0.05) is 43.9 Å². The Hall–Kier alpha value is -1.30. The van der Waals surface area contributed by atoms with E-state index in [0.717, 1.165) is 31.9 Å². The van der Waals surface area contributed by atoms with E-state index < -0.39 is 0 Å². The molecule has 0 spiro atoms. The Bertz CT molecular complexity index is 451. The third-order valence-corrected chi connectivity index (χ3v) is 4.03. The maximum atomic E-state index is 5.45. The standard InChI is InChI=1S/C17H23NO/c1-15(2)17(3,18-11-13-19-14-12-18)10-9-16-7-5-4-6-8-16/h4-8,15H,11-14H2,1-3H3. The fraction of sp³-hybridized carbons (Fsp3) is 0.529. The van der Waals surface area contributed by atoms with E-state index in [1.54, 1.807) is 0 Å². The molecular formula is C17H23NO. The molecule has 2 rings (SSSR count). The lowest BCUT2D eigenvalue weighted by molar-refractivity contribution is -0.0110. The van der Waals surface area contributed by atoms with Crippen LogP contribution in [0.15, 0.2) is 30.3 Å². The topological polar surface area (TPSA) is 12.5 Å². The zero-order chi connectivity index (χ0) is 13.7. The van der Waals surface area contributed by atoms with Gasteiger partial charge >= 0.3 is 0 Å². The van der Waals surface area contributed by atoms with E-state index in [2.05, 4.69) is 49.6 Å². The molecule has 1 aromatic rings. The molecule has 2 heteroatoms. The second kappa shape index (κ2) is 6.23. The Morgan fingerprint density at radius 2 is 1.79 bits per heavy atom. The molecule has 1 saturated heterocycles. The summed E-state index contributed by atoms with van der Waals surface area (Å²) < 4.78 is 5.45. The predicted molar refractivity (Wildman–Crippen MR) is 79.0 cm³/mol. The van der Waals surface area contributed by atoms with Gasteiger partial charge in [-0.2, -0.15) is 0 Å². The number of benzene rings is 1. The third-order valence-electron chi connectivity index (χ3n) is 4.03. The normalized spacial score (nSPS) is 19.6. The van der Waals surface area contributed by atoms with Crippen molar-refractivity contribution in [3.8, 4) is 11.8 Å². The largest absolute Gasteiger partial charge is 0.379 e. The van der Waals surface area contributed by atoms with Crippen LogP contribution in [-0.4, -0.2) is 36.7 Å². The van der Waals surface area contributed by atoms with Crippen molar-refractivity contribution in [3.63, 3.8) is 0 Å². The fourth-order valence-electron chi connectivity index (χ4n) is 2.34. The molecule has 0 N–H and O–H groups in total. The summed E-state index contributed by atoms with van der Waals surface area (Å²) in [7, 11) is 0. The molecule has 1 unspecified atom stereocenters. The Kier molecular flexibility index (Phi) is 4.63. The highest BCUT2D eigenvalue weighted by Crippen LogP contribution is 2.25. The highest BCUT2D eigenvalue weighted by atomic mass is 16.5. The van der Waals surface area contributed by atoms with E-state index >= 15 is 0 Å². The lowest BCUT2D eigenvalue weighted by Gasteiger charge is -2.42. The molecule has 1 aliphatic heterocycles. The zero-order valence-electron chi connectivity index (χ0n) is 12.1. The van der Waals surface area contributed by atoms with E-state index in [1.165, 1.54) is 0 Å². The van der Waals surface area contributed by atoms with Gasteiger partial charge in [-0.15, -0.1) is 0 Å². The minimum Gasteiger partial charge on any atom is -0.379 e. The summed E-state index contributed by atoms with van der Waals surface area (Å²) in [6.07, 6.45) is 0. The van der Waals surface area contributed by atoms with Gasteiger partial charge in [0, 0.05) is 18.7 Å².